The van der Waals surface area contributed by atoms with Crippen LogP contribution in [0.25, 0.3) is 0 Å². The zero-order valence-electron chi connectivity index (χ0n) is 8.81. The van der Waals surface area contributed by atoms with Crippen LogP contribution in [-0.4, -0.2) is 10.9 Å². The van der Waals surface area contributed by atoms with Gasteiger partial charge in [-0.1, -0.05) is 36.4 Å². The Labute approximate surface area is 100 Å². The summed E-state index contributed by atoms with van der Waals surface area (Å²) in [5.74, 6) is 1.36. The highest BCUT2D eigenvalue weighted by Crippen LogP contribution is 2.18. The van der Waals surface area contributed by atoms with Crippen molar-refractivity contribution < 1.29 is 0 Å². The molecule has 1 N–H and O–H groups in total. The molecule has 1 heterocycles. The van der Waals surface area contributed by atoms with Gasteiger partial charge < -0.3 is 5.32 Å². The van der Waals surface area contributed by atoms with E-state index in [1.807, 2.05) is 36.4 Å². The Kier molecular flexibility index (Phi) is 3.78. The van der Waals surface area contributed by atoms with Crippen molar-refractivity contribution in [2.45, 2.75) is 6.04 Å². The normalized spacial score (nSPS) is 12.1. The highest BCUT2D eigenvalue weighted by atomic mass is 35.5. The fourth-order valence-electron chi connectivity index (χ4n) is 1.52. The molecule has 0 amide bonds. The molecule has 0 aliphatic heterocycles. The van der Waals surface area contributed by atoms with Crippen LogP contribution in [0.15, 0.2) is 54.7 Å². The first-order valence-electron chi connectivity index (χ1n) is 5.18. The van der Waals surface area contributed by atoms with Gasteiger partial charge in [-0.2, -0.15) is 0 Å². The lowest BCUT2D eigenvalue weighted by molar-refractivity contribution is 0.883. The summed E-state index contributed by atoms with van der Waals surface area (Å²) in [5, 5.41) is 3.30. The van der Waals surface area contributed by atoms with Crippen LogP contribution < -0.4 is 5.32 Å². The Hall–Kier alpha value is -1.54. The van der Waals surface area contributed by atoms with E-state index in [2.05, 4.69) is 22.4 Å². The summed E-state index contributed by atoms with van der Waals surface area (Å²) in [4.78, 5) is 4.22. The molecule has 1 aromatic carbocycles. The molecule has 2 nitrogen and oxygen atoms in total. The first-order valence-corrected chi connectivity index (χ1v) is 5.72. The number of anilines is 1. The third-order valence-corrected chi connectivity index (χ3v) is 2.65. The zero-order valence-corrected chi connectivity index (χ0v) is 9.56. The minimum atomic E-state index is 0.0952. The zero-order chi connectivity index (χ0) is 11.2. The fraction of sp³-hybridized carbons (Fsp3) is 0.154. The monoisotopic (exact) mass is 232 g/mol. The van der Waals surface area contributed by atoms with Gasteiger partial charge in [0.15, 0.2) is 0 Å². The maximum atomic E-state index is 5.96. The number of hydrogen-bond acceptors (Lipinski definition) is 2. The van der Waals surface area contributed by atoms with Gasteiger partial charge in [0.1, 0.15) is 5.82 Å². The topological polar surface area (TPSA) is 24.9 Å². The second-order valence-electron chi connectivity index (χ2n) is 3.48. The first kappa shape index (κ1) is 11.0. The maximum absolute atomic E-state index is 5.96. The van der Waals surface area contributed by atoms with Crippen molar-refractivity contribution >= 4 is 17.4 Å². The molecular formula is C13H13ClN2. The average Bonchev–Trinajstić information content (AvgIpc) is 2.38. The van der Waals surface area contributed by atoms with E-state index in [0.29, 0.717) is 5.88 Å². The standard InChI is InChI=1S/C13H13ClN2/c14-10-12(11-6-2-1-3-7-11)16-13-8-4-5-9-15-13/h1-9,12H,10H2,(H,15,16). The predicted molar refractivity (Wildman–Crippen MR) is 67.8 cm³/mol. The van der Waals surface area contributed by atoms with Gasteiger partial charge in [-0.05, 0) is 17.7 Å². The Morgan fingerprint density at radius 2 is 1.81 bits per heavy atom. The number of aromatic nitrogens is 1. The van der Waals surface area contributed by atoms with Crippen molar-refractivity contribution in [1.29, 1.82) is 0 Å². The van der Waals surface area contributed by atoms with Crippen LogP contribution >= 0.6 is 11.6 Å². The Morgan fingerprint density at radius 3 is 2.44 bits per heavy atom. The summed E-state index contributed by atoms with van der Waals surface area (Å²) in [6.45, 7) is 0. The number of alkyl halides is 1. The SMILES string of the molecule is ClCC(Nc1ccccn1)c1ccccc1. The van der Waals surface area contributed by atoms with Crippen LogP contribution in [-0.2, 0) is 0 Å². The largest absolute Gasteiger partial charge is 0.362 e. The molecule has 0 spiro atoms. The second-order valence-corrected chi connectivity index (χ2v) is 3.79. The minimum absolute atomic E-state index is 0.0952. The van der Waals surface area contributed by atoms with Crippen LogP contribution in [0.2, 0.25) is 0 Å². The van der Waals surface area contributed by atoms with Gasteiger partial charge in [0, 0.05) is 12.1 Å². The van der Waals surface area contributed by atoms with E-state index >= 15 is 0 Å². The van der Waals surface area contributed by atoms with Crippen molar-refractivity contribution in [3.8, 4) is 0 Å². The Bertz CT molecular complexity index is 416. The number of pyridine rings is 1. The van der Waals surface area contributed by atoms with Crippen molar-refractivity contribution in [3.63, 3.8) is 0 Å². The van der Waals surface area contributed by atoms with Crippen LogP contribution in [0.1, 0.15) is 11.6 Å². The molecule has 0 saturated carbocycles. The van der Waals surface area contributed by atoms with Gasteiger partial charge in [-0.15, -0.1) is 11.6 Å². The predicted octanol–water partition coefficient (Wildman–Crippen LogP) is 3.47. The molecule has 0 aliphatic rings. The van der Waals surface area contributed by atoms with Crippen LogP contribution in [0, 0.1) is 0 Å². The van der Waals surface area contributed by atoms with E-state index in [0.717, 1.165) is 5.82 Å². The summed E-state index contributed by atoms with van der Waals surface area (Å²) in [5.41, 5.74) is 1.17. The molecule has 1 atom stereocenters. The van der Waals surface area contributed by atoms with Crippen LogP contribution in [0.3, 0.4) is 0 Å². The molecule has 3 heteroatoms. The molecular weight excluding hydrogens is 220 g/mol. The number of rotatable bonds is 4. The molecule has 2 rings (SSSR count). The van der Waals surface area contributed by atoms with E-state index in [4.69, 9.17) is 11.6 Å². The van der Waals surface area contributed by atoms with E-state index in [9.17, 15) is 0 Å². The van der Waals surface area contributed by atoms with E-state index < -0.39 is 0 Å². The molecule has 0 bridgehead atoms. The van der Waals surface area contributed by atoms with Crippen molar-refractivity contribution in [3.05, 3.63) is 60.3 Å². The van der Waals surface area contributed by atoms with E-state index in [-0.39, 0.29) is 6.04 Å². The highest BCUT2D eigenvalue weighted by Gasteiger charge is 2.09. The van der Waals surface area contributed by atoms with Crippen molar-refractivity contribution in [1.82, 2.24) is 4.98 Å². The summed E-state index contributed by atoms with van der Waals surface area (Å²) in [7, 11) is 0. The van der Waals surface area contributed by atoms with Gasteiger partial charge in [-0.3, -0.25) is 0 Å². The number of nitrogens with zero attached hydrogens (tertiary/aromatic N) is 1. The van der Waals surface area contributed by atoms with Crippen molar-refractivity contribution in [2.75, 3.05) is 11.2 Å². The lowest BCUT2D eigenvalue weighted by atomic mass is 10.1. The van der Waals surface area contributed by atoms with Gasteiger partial charge in [0.25, 0.3) is 0 Å². The number of halogens is 1. The summed E-state index contributed by atoms with van der Waals surface area (Å²) >= 11 is 5.96. The second kappa shape index (κ2) is 5.52. The summed E-state index contributed by atoms with van der Waals surface area (Å²) in [6.07, 6.45) is 1.76. The minimum Gasteiger partial charge on any atom is -0.362 e. The van der Waals surface area contributed by atoms with E-state index in [1.54, 1.807) is 6.20 Å². The molecule has 1 unspecified atom stereocenters. The fourth-order valence-corrected chi connectivity index (χ4v) is 1.78. The molecule has 1 aromatic heterocycles. The number of nitrogens with one attached hydrogen (secondary N) is 1. The molecule has 0 radical (unpaired) electrons. The van der Waals surface area contributed by atoms with Crippen molar-refractivity contribution in [2.24, 2.45) is 0 Å². The Morgan fingerprint density at radius 1 is 1.06 bits per heavy atom. The van der Waals surface area contributed by atoms with E-state index in [1.165, 1.54) is 5.56 Å². The lowest BCUT2D eigenvalue weighted by Crippen LogP contribution is -2.12. The molecule has 82 valence electrons. The van der Waals surface area contributed by atoms with Crippen LogP contribution in [0.5, 0.6) is 0 Å². The summed E-state index contributed by atoms with van der Waals surface area (Å²) < 4.78 is 0. The molecule has 0 saturated heterocycles. The first-order chi connectivity index (χ1) is 7.90. The lowest BCUT2D eigenvalue weighted by Gasteiger charge is -2.16. The molecule has 0 aliphatic carbocycles. The number of hydrogen-bond donors (Lipinski definition) is 1. The molecule has 16 heavy (non-hydrogen) atoms. The Balaban J connectivity index is 2.13. The third kappa shape index (κ3) is 2.74. The maximum Gasteiger partial charge on any atom is 0.126 e. The van der Waals surface area contributed by atoms with Gasteiger partial charge in [0.05, 0.1) is 6.04 Å². The molecule has 0 fully saturated rings. The van der Waals surface area contributed by atoms with Crippen LogP contribution in [0.4, 0.5) is 5.82 Å². The average molecular weight is 233 g/mol. The summed E-state index contributed by atoms with van der Waals surface area (Å²) in [6, 6.07) is 16.0. The van der Waals surface area contributed by atoms with Gasteiger partial charge in [0.2, 0.25) is 0 Å². The quantitative estimate of drug-likeness (QED) is 0.817. The number of benzene rings is 1. The third-order valence-electron chi connectivity index (χ3n) is 2.34. The molecule has 2 aromatic rings. The van der Waals surface area contributed by atoms with Gasteiger partial charge in [-0.25, -0.2) is 4.98 Å². The highest BCUT2D eigenvalue weighted by molar-refractivity contribution is 6.18. The van der Waals surface area contributed by atoms with Gasteiger partial charge >= 0.3 is 0 Å². The smallest absolute Gasteiger partial charge is 0.126 e.